The third-order valence-electron chi connectivity index (χ3n) is 8.13. The minimum atomic E-state index is -0.429. The first-order valence-corrected chi connectivity index (χ1v) is 16.4. The number of esters is 1. The van der Waals surface area contributed by atoms with Crippen LogP contribution in [0.3, 0.4) is 0 Å². The van der Waals surface area contributed by atoms with Crippen LogP contribution in [0.4, 0.5) is 5.69 Å². The number of nitrogens with one attached hydrogen (secondary N) is 2. The summed E-state index contributed by atoms with van der Waals surface area (Å²) in [5, 5.41) is 5.67. The number of rotatable bonds is 12. The lowest BCUT2D eigenvalue weighted by atomic mass is 9.96. The molecule has 0 spiro atoms. The molecule has 1 aliphatic rings. The molecule has 0 unspecified atom stereocenters. The van der Waals surface area contributed by atoms with Crippen molar-refractivity contribution in [3.63, 3.8) is 0 Å². The van der Waals surface area contributed by atoms with Gasteiger partial charge in [0.05, 0.1) is 30.3 Å². The Kier molecular flexibility index (Phi) is 12.2. The average molecular weight is 649 g/mol. The Labute approximate surface area is 281 Å². The Balaban J connectivity index is 1.09. The fraction of sp³-hybridized carbons (Fsp3) is 0.263. The number of hydrogen-bond donors (Lipinski definition) is 2. The number of anilines is 1. The number of para-hydroxylation sites is 1. The van der Waals surface area contributed by atoms with Gasteiger partial charge >= 0.3 is 5.97 Å². The minimum absolute atomic E-state index is 0.0454. The fourth-order valence-electron chi connectivity index (χ4n) is 5.75. The number of hydrogen-bond acceptors (Lipinski definition) is 6. The maximum absolute atomic E-state index is 13.7. The molecule has 1 fully saturated rings. The van der Waals surface area contributed by atoms with Gasteiger partial charge in [0, 0.05) is 32.6 Å². The number of thiocarbonyl (C=S) groups is 1. The fourth-order valence-corrected chi connectivity index (χ4v) is 5.98. The quantitative estimate of drug-likeness (QED) is 0.111. The maximum Gasteiger partial charge on any atom is 0.306 e. The van der Waals surface area contributed by atoms with Gasteiger partial charge in [-0.25, -0.2) is 0 Å². The number of ether oxygens (including phenoxy) is 1. The molecule has 0 radical (unpaired) electrons. The lowest BCUT2D eigenvalue weighted by Gasteiger charge is -2.40. The molecule has 0 atom stereocenters. The van der Waals surface area contributed by atoms with Gasteiger partial charge in [-0.05, 0) is 53.9 Å². The second-order valence-electron chi connectivity index (χ2n) is 11.4. The van der Waals surface area contributed by atoms with Gasteiger partial charge in [-0.15, -0.1) is 0 Å². The summed E-state index contributed by atoms with van der Waals surface area (Å²) < 4.78 is 5.27. The third kappa shape index (κ3) is 9.81. The van der Waals surface area contributed by atoms with Crippen LogP contribution in [0.25, 0.3) is 0 Å². The third-order valence-corrected chi connectivity index (χ3v) is 8.33. The van der Waals surface area contributed by atoms with Crippen molar-refractivity contribution in [2.24, 2.45) is 0 Å². The van der Waals surface area contributed by atoms with Crippen molar-refractivity contribution in [1.82, 2.24) is 15.1 Å². The molecule has 242 valence electrons. The van der Waals surface area contributed by atoms with Crippen LogP contribution in [0.15, 0.2) is 115 Å². The predicted octanol–water partition coefficient (Wildman–Crippen LogP) is 6.00. The molecule has 0 saturated carbocycles. The minimum Gasteiger partial charge on any atom is -0.466 e. The van der Waals surface area contributed by atoms with Crippen molar-refractivity contribution in [3.05, 3.63) is 138 Å². The Morgan fingerprint density at radius 3 is 1.94 bits per heavy atom. The Morgan fingerprint density at radius 1 is 0.723 bits per heavy atom. The van der Waals surface area contributed by atoms with Crippen molar-refractivity contribution in [1.29, 1.82) is 0 Å². The largest absolute Gasteiger partial charge is 0.466 e. The van der Waals surface area contributed by atoms with Crippen LogP contribution in [0.2, 0.25) is 0 Å². The number of carbonyl (C=O) groups is 3. The molecule has 5 rings (SSSR count). The highest BCUT2D eigenvalue weighted by atomic mass is 32.1. The highest BCUT2D eigenvalue weighted by Crippen LogP contribution is 2.30. The number of aryl methyl sites for hydroxylation is 1. The zero-order valence-electron chi connectivity index (χ0n) is 26.3. The summed E-state index contributed by atoms with van der Waals surface area (Å²) in [5.74, 6) is -0.940. The van der Waals surface area contributed by atoms with Crippen molar-refractivity contribution >= 4 is 40.8 Å². The van der Waals surface area contributed by atoms with Crippen molar-refractivity contribution in [2.75, 3.05) is 38.1 Å². The maximum atomic E-state index is 13.7. The van der Waals surface area contributed by atoms with E-state index < -0.39 is 11.9 Å². The van der Waals surface area contributed by atoms with Crippen LogP contribution in [0.1, 0.15) is 52.4 Å². The molecule has 4 aromatic carbocycles. The second-order valence-corrected chi connectivity index (χ2v) is 11.8. The lowest BCUT2D eigenvalue weighted by Crippen LogP contribution is -2.50. The summed E-state index contributed by atoms with van der Waals surface area (Å²) in [7, 11) is 0. The van der Waals surface area contributed by atoms with Crippen LogP contribution >= 0.6 is 12.2 Å². The van der Waals surface area contributed by atoms with Gasteiger partial charge in [-0.2, -0.15) is 0 Å². The molecular weight excluding hydrogens is 609 g/mol. The first-order valence-electron chi connectivity index (χ1n) is 16.0. The molecule has 1 saturated heterocycles. The van der Waals surface area contributed by atoms with E-state index in [0.717, 1.165) is 19.5 Å². The topological polar surface area (TPSA) is 91.0 Å². The van der Waals surface area contributed by atoms with Gasteiger partial charge in [0.15, 0.2) is 5.11 Å². The van der Waals surface area contributed by atoms with E-state index in [4.69, 9.17) is 17.0 Å². The van der Waals surface area contributed by atoms with Gasteiger partial charge in [0.25, 0.3) is 5.91 Å². The first-order chi connectivity index (χ1) is 23.0. The number of benzene rings is 4. The van der Waals surface area contributed by atoms with E-state index in [1.54, 1.807) is 18.2 Å². The molecule has 47 heavy (non-hydrogen) atoms. The smallest absolute Gasteiger partial charge is 0.306 e. The number of amides is 2. The SMILES string of the molecule is O=C(CCC(=O)OCCCc1ccccc1)NC(=S)Nc1ccccc1C(=O)N1CCN(C(c2ccccc2)c2ccccc2)CC1. The zero-order valence-corrected chi connectivity index (χ0v) is 27.2. The van der Waals surface area contributed by atoms with Crippen LogP contribution in [0.5, 0.6) is 0 Å². The summed E-state index contributed by atoms with van der Waals surface area (Å²) in [6, 6.07) is 38.1. The summed E-state index contributed by atoms with van der Waals surface area (Å²) in [6.45, 7) is 2.90. The van der Waals surface area contributed by atoms with Gasteiger partial charge in [-0.3, -0.25) is 19.3 Å². The summed E-state index contributed by atoms with van der Waals surface area (Å²) >= 11 is 5.37. The number of piperazine rings is 1. The standard InChI is InChI=1S/C38H40N4O4S/c43-34(22-23-35(44)46-28-12-15-29-13-4-1-5-14-29)40-38(47)39-33-21-11-10-20-32(33)37(45)42-26-24-41(25-27-42)36(30-16-6-2-7-17-30)31-18-8-3-9-19-31/h1-11,13-14,16-21,36H,12,15,22-28H2,(H2,39,40,43,47). The van der Waals surface area contributed by atoms with Crippen LogP contribution in [-0.4, -0.2) is 65.5 Å². The number of nitrogens with zero attached hydrogens (tertiary/aromatic N) is 2. The molecule has 8 nitrogen and oxygen atoms in total. The summed E-state index contributed by atoms with van der Waals surface area (Å²) in [5.41, 5.74) is 4.61. The summed E-state index contributed by atoms with van der Waals surface area (Å²) in [6.07, 6.45) is 1.43. The van der Waals surface area contributed by atoms with Crippen LogP contribution in [0, 0.1) is 0 Å². The highest BCUT2D eigenvalue weighted by molar-refractivity contribution is 7.80. The lowest BCUT2D eigenvalue weighted by molar-refractivity contribution is -0.145. The Morgan fingerprint density at radius 2 is 1.30 bits per heavy atom. The van der Waals surface area contributed by atoms with Crippen molar-refractivity contribution in [3.8, 4) is 0 Å². The average Bonchev–Trinajstić information content (AvgIpc) is 3.11. The first kappa shape index (κ1) is 33.5. The van der Waals surface area contributed by atoms with Gasteiger partial charge in [0.1, 0.15) is 0 Å². The second kappa shape index (κ2) is 17.2. The molecule has 1 heterocycles. The van der Waals surface area contributed by atoms with E-state index >= 15 is 0 Å². The van der Waals surface area contributed by atoms with E-state index in [-0.39, 0.29) is 29.9 Å². The van der Waals surface area contributed by atoms with E-state index in [1.807, 2.05) is 53.4 Å². The predicted molar refractivity (Wildman–Crippen MR) is 188 cm³/mol. The monoisotopic (exact) mass is 648 g/mol. The molecular formula is C38H40N4O4S. The Hall–Kier alpha value is -4.86. The molecule has 1 aliphatic heterocycles. The molecule has 0 aromatic heterocycles. The van der Waals surface area contributed by atoms with Gasteiger partial charge in [0.2, 0.25) is 5.91 Å². The molecule has 0 bridgehead atoms. The Bertz CT molecular complexity index is 1590. The van der Waals surface area contributed by atoms with Gasteiger partial charge < -0.3 is 20.3 Å². The van der Waals surface area contributed by atoms with E-state index in [2.05, 4.69) is 64.1 Å². The van der Waals surface area contributed by atoms with Crippen molar-refractivity contribution in [2.45, 2.75) is 31.7 Å². The van der Waals surface area contributed by atoms with Crippen LogP contribution < -0.4 is 10.6 Å². The van der Waals surface area contributed by atoms with Crippen molar-refractivity contribution < 1.29 is 19.1 Å². The molecule has 0 aliphatic carbocycles. The molecule has 2 N–H and O–H groups in total. The molecule has 4 aromatic rings. The van der Waals surface area contributed by atoms with E-state index in [9.17, 15) is 14.4 Å². The molecule has 2 amide bonds. The normalized spacial score (nSPS) is 13.2. The number of carbonyl (C=O) groups excluding carboxylic acids is 3. The zero-order chi connectivity index (χ0) is 32.8. The van der Waals surface area contributed by atoms with E-state index in [0.29, 0.717) is 37.4 Å². The van der Waals surface area contributed by atoms with Crippen LogP contribution in [-0.2, 0) is 20.7 Å². The van der Waals surface area contributed by atoms with E-state index in [1.165, 1.54) is 16.7 Å². The van der Waals surface area contributed by atoms with Gasteiger partial charge in [-0.1, -0.05) is 103 Å². The highest BCUT2D eigenvalue weighted by Gasteiger charge is 2.29. The molecule has 9 heteroatoms. The summed E-state index contributed by atoms with van der Waals surface area (Å²) in [4.78, 5) is 42.6.